The summed E-state index contributed by atoms with van der Waals surface area (Å²) in [6, 6.07) is 21.4. The normalized spacial score (nSPS) is 10.9. The van der Waals surface area contributed by atoms with Crippen LogP contribution >= 0.6 is 0 Å². The van der Waals surface area contributed by atoms with Crippen LogP contribution in [0, 0.1) is 5.82 Å². The second-order valence-electron chi connectivity index (χ2n) is 6.58. The van der Waals surface area contributed by atoms with Crippen LogP contribution in [0.4, 0.5) is 4.39 Å². The van der Waals surface area contributed by atoms with E-state index in [1.807, 2.05) is 18.2 Å². The third-order valence-electron chi connectivity index (χ3n) is 4.53. The largest absolute Gasteiger partial charge is 0.441 e. The molecule has 5 heteroatoms. The van der Waals surface area contributed by atoms with Crippen molar-refractivity contribution in [2.24, 2.45) is 0 Å². The van der Waals surface area contributed by atoms with Crippen molar-refractivity contribution >= 4 is 17.0 Å². The van der Waals surface area contributed by atoms with Gasteiger partial charge in [0.1, 0.15) is 11.3 Å². The maximum absolute atomic E-state index is 12.9. The number of nitrogens with one attached hydrogen (secondary N) is 1. The molecule has 28 heavy (non-hydrogen) atoms. The number of hydrogen-bond acceptors (Lipinski definition) is 3. The third-order valence-corrected chi connectivity index (χ3v) is 4.53. The van der Waals surface area contributed by atoms with E-state index in [-0.39, 0.29) is 11.7 Å². The molecule has 0 aliphatic carbocycles. The van der Waals surface area contributed by atoms with Gasteiger partial charge in [0.15, 0.2) is 11.5 Å². The highest BCUT2D eigenvalue weighted by Crippen LogP contribution is 2.19. The average Bonchev–Trinajstić information content (AvgIpc) is 3.14. The van der Waals surface area contributed by atoms with Gasteiger partial charge in [-0.3, -0.25) is 4.79 Å². The zero-order valence-corrected chi connectivity index (χ0v) is 15.2. The fourth-order valence-corrected chi connectivity index (χ4v) is 3.00. The number of aryl methyl sites for hydroxylation is 2. The van der Waals surface area contributed by atoms with Crippen LogP contribution in [0.1, 0.15) is 27.4 Å². The minimum absolute atomic E-state index is 0.214. The van der Waals surface area contributed by atoms with E-state index in [2.05, 4.69) is 22.4 Å². The number of oxazole rings is 1. The monoisotopic (exact) mass is 374 g/mol. The molecule has 0 aliphatic rings. The van der Waals surface area contributed by atoms with Crippen LogP contribution in [0.5, 0.6) is 0 Å². The number of amides is 1. The lowest BCUT2D eigenvalue weighted by atomic mass is 10.1. The molecule has 4 rings (SSSR count). The van der Waals surface area contributed by atoms with Crippen LogP contribution in [-0.2, 0) is 19.4 Å². The summed E-state index contributed by atoms with van der Waals surface area (Å²) in [6.07, 6.45) is 1.55. The van der Waals surface area contributed by atoms with Gasteiger partial charge in [0.25, 0.3) is 5.91 Å². The van der Waals surface area contributed by atoms with E-state index in [4.69, 9.17) is 4.42 Å². The molecule has 0 spiro atoms. The van der Waals surface area contributed by atoms with Crippen molar-refractivity contribution in [1.82, 2.24) is 10.3 Å². The molecule has 0 saturated carbocycles. The van der Waals surface area contributed by atoms with Gasteiger partial charge in [-0.2, -0.15) is 0 Å². The van der Waals surface area contributed by atoms with Crippen molar-refractivity contribution in [2.75, 3.05) is 0 Å². The van der Waals surface area contributed by atoms with Crippen molar-refractivity contribution in [2.45, 2.75) is 19.4 Å². The summed E-state index contributed by atoms with van der Waals surface area (Å²) in [5.74, 6) is 0.144. The Morgan fingerprint density at radius 2 is 1.71 bits per heavy atom. The number of fused-ring (bicyclic) bond motifs is 1. The Hall–Kier alpha value is -3.47. The summed E-state index contributed by atoms with van der Waals surface area (Å²) in [5, 5.41) is 2.83. The summed E-state index contributed by atoms with van der Waals surface area (Å²) in [7, 11) is 0. The van der Waals surface area contributed by atoms with E-state index in [9.17, 15) is 9.18 Å². The summed E-state index contributed by atoms with van der Waals surface area (Å²) >= 11 is 0. The van der Waals surface area contributed by atoms with E-state index in [1.54, 1.807) is 30.3 Å². The van der Waals surface area contributed by atoms with Gasteiger partial charge in [-0.1, -0.05) is 42.5 Å². The zero-order chi connectivity index (χ0) is 19.3. The number of benzene rings is 3. The Balaban J connectivity index is 1.42. The Morgan fingerprint density at radius 1 is 0.929 bits per heavy atom. The molecule has 1 N–H and O–H groups in total. The van der Waals surface area contributed by atoms with Crippen molar-refractivity contribution in [3.05, 3.63) is 101 Å². The van der Waals surface area contributed by atoms with Crippen molar-refractivity contribution in [3.8, 4) is 0 Å². The molecule has 4 aromatic rings. The molecular weight excluding hydrogens is 355 g/mol. The molecule has 0 radical (unpaired) electrons. The first-order chi connectivity index (χ1) is 13.7. The molecule has 0 aliphatic heterocycles. The topological polar surface area (TPSA) is 55.1 Å². The number of rotatable bonds is 6. The van der Waals surface area contributed by atoms with Gasteiger partial charge in [0, 0.05) is 18.5 Å². The van der Waals surface area contributed by atoms with Crippen LogP contribution in [0.2, 0.25) is 0 Å². The van der Waals surface area contributed by atoms with Crippen LogP contribution in [-0.4, -0.2) is 10.9 Å². The standard InChI is InChI=1S/C23H19FN2O2/c24-19-10-6-17(7-11-19)15-25-23(27)18-9-12-20-21(14-18)28-22(26-20)13-8-16-4-2-1-3-5-16/h1-7,9-12,14H,8,13,15H2,(H,25,27). The van der Waals surface area contributed by atoms with E-state index < -0.39 is 0 Å². The van der Waals surface area contributed by atoms with Crippen LogP contribution in [0.25, 0.3) is 11.1 Å². The van der Waals surface area contributed by atoms with E-state index in [0.29, 0.717) is 30.0 Å². The number of hydrogen-bond donors (Lipinski definition) is 1. The molecular formula is C23H19FN2O2. The lowest BCUT2D eigenvalue weighted by Gasteiger charge is -2.05. The van der Waals surface area contributed by atoms with E-state index in [1.165, 1.54) is 17.7 Å². The quantitative estimate of drug-likeness (QED) is 0.533. The van der Waals surface area contributed by atoms with Gasteiger partial charge in [-0.25, -0.2) is 9.37 Å². The molecule has 0 bridgehead atoms. The van der Waals surface area contributed by atoms with Crippen molar-refractivity contribution in [3.63, 3.8) is 0 Å². The average molecular weight is 374 g/mol. The third kappa shape index (κ3) is 4.26. The summed E-state index contributed by atoms with van der Waals surface area (Å²) in [4.78, 5) is 16.9. The van der Waals surface area contributed by atoms with Gasteiger partial charge in [0.2, 0.25) is 0 Å². The fourth-order valence-electron chi connectivity index (χ4n) is 3.00. The zero-order valence-electron chi connectivity index (χ0n) is 15.2. The maximum atomic E-state index is 12.9. The lowest BCUT2D eigenvalue weighted by Crippen LogP contribution is -2.22. The number of aromatic nitrogens is 1. The highest BCUT2D eigenvalue weighted by atomic mass is 19.1. The van der Waals surface area contributed by atoms with Crippen molar-refractivity contribution in [1.29, 1.82) is 0 Å². The first-order valence-electron chi connectivity index (χ1n) is 9.13. The van der Waals surface area contributed by atoms with Gasteiger partial charge in [-0.15, -0.1) is 0 Å². The SMILES string of the molecule is O=C(NCc1ccc(F)cc1)c1ccc2nc(CCc3ccccc3)oc2c1. The smallest absolute Gasteiger partial charge is 0.251 e. The molecule has 0 fully saturated rings. The van der Waals surface area contributed by atoms with Gasteiger partial charge in [0.05, 0.1) is 0 Å². The minimum atomic E-state index is -0.297. The summed E-state index contributed by atoms with van der Waals surface area (Å²) in [5.41, 5.74) is 3.89. The molecule has 0 atom stereocenters. The first kappa shape index (κ1) is 17.9. The van der Waals surface area contributed by atoms with Crippen molar-refractivity contribution < 1.29 is 13.6 Å². The molecule has 140 valence electrons. The van der Waals surface area contributed by atoms with Gasteiger partial charge >= 0.3 is 0 Å². The number of halogens is 1. The van der Waals surface area contributed by atoms with E-state index in [0.717, 1.165) is 17.5 Å². The highest BCUT2D eigenvalue weighted by Gasteiger charge is 2.11. The lowest BCUT2D eigenvalue weighted by molar-refractivity contribution is 0.0951. The molecule has 0 unspecified atom stereocenters. The Labute approximate surface area is 162 Å². The van der Waals surface area contributed by atoms with Crippen LogP contribution < -0.4 is 5.32 Å². The Kier molecular flexibility index (Phi) is 5.15. The van der Waals surface area contributed by atoms with Gasteiger partial charge < -0.3 is 9.73 Å². The highest BCUT2D eigenvalue weighted by molar-refractivity contribution is 5.96. The number of carbonyl (C=O) groups is 1. The Morgan fingerprint density at radius 3 is 2.50 bits per heavy atom. The molecule has 1 heterocycles. The second-order valence-corrected chi connectivity index (χ2v) is 6.58. The fraction of sp³-hybridized carbons (Fsp3) is 0.130. The predicted octanol–water partition coefficient (Wildman–Crippen LogP) is 4.68. The van der Waals surface area contributed by atoms with E-state index >= 15 is 0 Å². The number of nitrogens with zero attached hydrogens (tertiary/aromatic N) is 1. The minimum Gasteiger partial charge on any atom is -0.441 e. The summed E-state index contributed by atoms with van der Waals surface area (Å²) in [6.45, 7) is 0.329. The molecule has 1 aromatic heterocycles. The predicted molar refractivity (Wildman–Crippen MR) is 105 cm³/mol. The Bertz CT molecular complexity index is 1090. The number of carbonyl (C=O) groups excluding carboxylic acids is 1. The van der Waals surface area contributed by atoms with Crippen LogP contribution in [0.15, 0.2) is 77.2 Å². The van der Waals surface area contributed by atoms with Crippen LogP contribution in [0.3, 0.4) is 0 Å². The molecule has 1 amide bonds. The first-order valence-corrected chi connectivity index (χ1v) is 9.13. The molecule has 3 aromatic carbocycles. The second kappa shape index (κ2) is 8.05. The molecule has 4 nitrogen and oxygen atoms in total. The molecule has 0 saturated heterocycles. The van der Waals surface area contributed by atoms with Gasteiger partial charge in [-0.05, 0) is 47.9 Å². The maximum Gasteiger partial charge on any atom is 0.251 e. The summed E-state index contributed by atoms with van der Waals surface area (Å²) < 4.78 is 18.8.